The number of aromatic hydroxyl groups is 1. The highest BCUT2D eigenvalue weighted by atomic mass is 16.5. The van der Waals surface area contributed by atoms with Gasteiger partial charge in [-0.3, -0.25) is 0 Å². The Kier molecular flexibility index (Phi) is 6.79. The molecule has 118 valence electrons. The quantitative estimate of drug-likeness (QED) is 0.683. The molecule has 0 aliphatic carbocycles. The van der Waals surface area contributed by atoms with Gasteiger partial charge in [0.1, 0.15) is 0 Å². The van der Waals surface area contributed by atoms with Gasteiger partial charge in [0, 0.05) is 19.8 Å². The topological polar surface area (TPSA) is 60.0 Å². The number of phenols is 1. The average Bonchev–Trinajstić information content (AvgIpc) is 3.00. The molecule has 1 saturated heterocycles. The first-order chi connectivity index (χ1) is 10.3. The molecule has 2 N–H and O–H groups in total. The second kappa shape index (κ2) is 8.87. The van der Waals surface area contributed by atoms with Crippen LogP contribution in [-0.2, 0) is 16.0 Å². The van der Waals surface area contributed by atoms with E-state index in [4.69, 9.17) is 14.2 Å². The zero-order chi connectivity index (χ0) is 14.9. The average molecular weight is 295 g/mol. The van der Waals surface area contributed by atoms with E-state index < -0.39 is 0 Å². The number of benzene rings is 1. The summed E-state index contributed by atoms with van der Waals surface area (Å²) in [5.41, 5.74) is 1.04. The number of rotatable bonds is 9. The lowest BCUT2D eigenvalue weighted by atomic mass is 10.2. The maximum Gasteiger partial charge on any atom is 0.160 e. The van der Waals surface area contributed by atoms with Gasteiger partial charge < -0.3 is 24.6 Å². The number of ether oxygens (including phenoxy) is 3. The molecule has 0 amide bonds. The highest BCUT2D eigenvalue weighted by Gasteiger charge is 2.14. The molecule has 5 heteroatoms. The number of methoxy groups -OCH3 is 1. The van der Waals surface area contributed by atoms with Crippen LogP contribution in [0.15, 0.2) is 18.2 Å². The number of nitrogens with one attached hydrogen (secondary N) is 1. The molecule has 2 rings (SSSR count). The molecule has 1 aromatic carbocycles. The molecule has 0 spiro atoms. The molecule has 5 nitrogen and oxygen atoms in total. The minimum Gasteiger partial charge on any atom is -0.504 e. The third kappa shape index (κ3) is 5.53. The van der Waals surface area contributed by atoms with E-state index >= 15 is 0 Å². The second-order valence-corrected chi connectivity index (χ2v) is 5.25. The van der Waals surface area contributed by atoms with Gasteiger partial charge in [-0.1, -0.05) is 6.07 Å². The summed E-state index contributed by atoms with van der Waals surface area (Å²) >= 11 is 0. The van der Waals surface area contributed by atoms with E-state index in [0.717, 1.165) is 51.1 Å². The van der Waals surface area contributed by atoms with Crippen molar-refractivity contribution in [1.82, 2.24) is 5.32 Å². The van der Waals surface area contributed by atoms with Crippen molar-refractivity contribution in [3.8, 4) is 11.5 Å². The first-order valence-corrected chi connectivity index (χ1v) is 7.55. The first-order valence-electron chi connectivity index (χ1n) is 7.55. The van der Waals surface area contributed by atoms with Gasteiger partial charge in [-0.05, 0) is 43.5 Å². The third-order valence-corrected chi connectivity index (χ3v) is 3.54. The summed E-state index contributed by atoms with van der Waals surface area (Å²) in [6, 6.07) is 5.44. The Bertz CT molecular complexity index is 419. The first kappa shape index (κ1) is 16.1. The van der Waals surface area contributed by atoms with Crippen molar-refractivity contribution in [3.05, 3.63) is 23.8 Å². The van der Waals surface area contributed by atoms with Crippen LogP contribution < -0.4 is 10.1 Å². The molecule has 1 aromatic rings. The van der Waals surface area contributed by atoms with Crippen LogP contribution in [0.5, 0.6) is 11.5 Å². The van der Waals surface area contributed by atoms with E-state index in [0.29, 0.717) is 18.5 Å². The summed E-state index contributed by atoms with van der Waals surface area (Å²) in [7, 11) is 1.55. The SMILES string of the molecule is COc1ccc(CNCCCOCC2CCCO2)cc1O. The molecule has 0 radical (unpaired) electrons. The summed E-state index contributed by atoms with van der Waals surface area (Å²) in [6.45, 7) is 3.96. The number of hydrogen-bond acceptors (Lipinski definition) is 5. The van der Waals surface area contributed by atoms with Crippen molar-refractivity contribution in [2.75, 3.05) is 33.5 Å². The molecule has 1 aliphatic rings. The smallest absolute Gasteiger partial charge is 0.160 e. The van der Waals surface area contributed by atoms with Crippen LogP contribution in [0.2, 0.25) is 0 Å². The minimum atomic E-state index is 0.177. The van der Waals surface area contributed by atoms with Gasteiger partial charge in [-0.2, -0.15) is 0 Å². The van der Waals surface area contributed by atoms with E-state index in [9.17, 15) is 5.11 Å². The summed E-state index contributed by atoms with van der Waals surface area (Å²) in [4.78, 5) is 0. The monoisotopic (exact) mass is 295 g/mol. The van der Waals surface area contributed by atoms with Crippen LogP contribution >= 0.6 is 0 Å². The van der Waals surface area contributed by atoms with Gasteiger partial charge in [-0.15, -0.1) is 0 Å². The van der Waals surface area contributed by atoms with E-state index in [1.807, 2.05) is 6.07 Å². The van der Waals surface area contributed by atoms with Crippen molar-refractivity contribution >= 4 is 0 Å². The normalized spacial score (nSPS) is 18.0. The van der Waals surface area contributed by atoms with Crippen LogP contribution in [0.3, 0.4) is 0 Å². The Morgan fingerprint density at radius 3 is 3.05 bits per heavy atom. The number of hydrogen-bond donors (Lipinski definition) is 2. The minimum absolute atomic E-state index is 0.177. The maximum atomic E-state index is 9.68. The van der Waals surface area contributed by atoms with Crippen molar-refractivity contribution in [2.45, 2.75) is 31.9 Å². The Morgan fingerprint density at radius 2 is 2.33 bits per heavy atom. The van der Waals surface area contributed by atoms with Gasteiger partial charge >= 0.3 is 0 Å². The van der Waals surface area contributed by atoms with Crippen LogP contribution in [0, 0.1) is 0 Å². The summed E-state index contributed by atoms with van der Waals surface area (Å²) < 4.78 is 16.1. The molecule has 0 saturated carbocycles. The van der Waals surface area contributed by atoms with E-state index in [2.05, 4.69) is 5.32 Å². The second-order valence-electron chi connectivity index (χ2n) is 5.25. The fourth-order valence-corrected chi connectivity index (χ4v) is 2.37. The molecule has 0 bridgehead atoms. The van der Waals surface area contributed by atoms with Gasteiger partial charge in [0.05, 0.1) is 19.8 Å². The van der Waals surface area contributed by atoms with Crippen molar-refractivity contribution in [1.29, 1.82) is 0 Å². The van der Waals surface area contributed by atoms with Crippen molar-refractivity contribution in [2.24, 2.45) is 0 Å². The standard InChI is InChI=1S/C16H25NO4/c1-19-16-6-5-13(10-15(16)18)11-17-7-3-8-20-12-14-4-2-9-21-14/h5-6,10,14,17-18H,2-4,7-9,11-12H2,1H3. The molecule has 21 heavy (non-hydrogen) atoms. The summed E-state index contributed by atoms with van der Waals surface area (Å²) in [5.74, 6) is 0.679. The largest absolute Gasteiger partial charge is 0.504 e. The molecule has 0 aromatic heterocycles. The van der Waals surface area contributed by atoms with Gasteiger partial charge in [0.25, 0.3) is 0 Å². The summed E-state index contributed by atoms with van der Waals surface area (Å²) in [6.07, 6.45) is 3.55. The van der Waals surface area contributed by atoms with E-state index in [-0.39, 0.29) is 5.75 Å². The lowest BCUT2D eigenvalue weighted by molar-refractivity contribution is 0.0166. The number of phenolic OH excluding ortho intramolecular Hbond substituents is 1. The van der Waals surface area contributed by atoms with Gasteiger partial charge in [0.2, 0.25) is 0 Å². The highest BCUT2D eigenvalue weighted by Crippen LogP contribution is 2.25. The van der Waals surface area contributed by atoms with Gasteiger partial charge in [0.15, 0.2) is 11.5 Å². The lowest BCUT2D eigenvalue weighted by Crippen LogP contribution is -2.18. The Hall–Kier alpha value is -1.30. The van der Waals surface area contributed by atoms with Gasteiger partial charge in [-0.25, -0.2) is 0 Å². The molecule has 1 atom stereocenters. The highest BCUT2D eigenvalue weighted by molar-refractivity contribution is 5.41. The van der Waals surface area contributed by atoms with Crippen molar-refractivity contribution < 1.29 is 19.3 Å². The molecule has 1 fully saturated rings. The molecule has 1 heterocycles. The maximum absolute atomic E-state index is 9.68. The Balaban J connectivity index is 1.52. The third-order valence-electron chi connectivity index (χ3n) is 3.54. The molecular weight excluding hydrogens is 270 g/mol. The fourth-order valence-electron chi connectivity index (χ4n) is 2.37. The zero-order valence-corrected chi connectivity index (χ0v) is 12.6. The molecular formula is C16H25NO4. The lowest BCUT2D eigenvalue weighted by Gasteiger charge is -2.10. The Morgan fingerprint density at radius 1 is 1.43 bits per heavy atom. The fraction of sp³-hybridized carbons (Fsp3) is 0.625. The molecule has 1 unspecified atom stereocenters. The zero-order valence-electron chi connectivity index (χ0n) is 12.6. The van der Waals surface area contributed by atoms with Crippen molar-refractivity contribution in [3.63, 3.8) is 0 Å². The Labute approximate surface area is 126 Å². The van der Waals surface area contributed by atoms with E-state index in [1.165, 1.54) is 0 Å². The van der Waals surface area contributed by atoms with Crippen LogP contribution in [0.4, 0.5) is 0 Å². The van der Waals surface area contributed by atoms with Crippen LogP contribution in [-0.4, -0.2) is 44.7 Å². The predicted molar refractivity (Wildman–Crippen MR) is 80.8 cm³/mol. The predicted octanol–water partition coefficient (Wildman–Crippen LogP) is 2.08. The van der Waals surface area contributed by atoms with Crippen LogP contribution in [0.1, 0.15) is 24.8 Å². The van der Waals surface area contributed by atoms with E-state index in [1.54, 1.807) is 19.2 Å². The molecule has 1 aliphatic heterocycles. The summed E-state index contributed by atoms with van der Waals surface area (Å²) in [5, 5.41) is 13.0. The van der Waals surface area contributed by atoms with Crippen LogP contribution in [0.25, 0.3) is 0 Å².